The van der Waals surface area contributed by atoms with Gasteiger partial charge < -0.3 is 45.0 Å². The second-order valence-electron chi connectivity index (χ2n) is 9.82. The lowest BCUT2D eigenvalue weighted by Crippen LogP contribution is -2.65. The van der Waals surface area contributed by atoms with Crippen LogP contribution in [0.4, 0.5) is 0 Å². The van der Waals surface area contributed by atoms with Crippen molar-refractivity contribution in [2.75, 3.05) is 20.2 Å². The molecule has 32 heavy (non-hydrogen) atoms. The van der Waals surface area contributed by atoms with Gasteiger partial charge >= 0.3 is 0 Å². The van der Waals surface area contributed by atoms with E-state index in [1.807, 2.05) is 13.1 Å². The zero-order chi connectivity index (χ0) is 22.6. The standard InChI is InChI=1S/C23H28NO8/c1-24-5-4-22-11-2-3-14(26)21(22)32-19-15(27)7-12(10(18(19)22)6-13(11)24)23(30)17(28)9-31-16(8-25)20(23)29/h2-3,7,9,11,13-14,16-17,20-21,25-30H,4-6,8H2,1H3/t11-,13+,14-,16+,17-,20+,21-,22-,23+/m0/s1. The number of hydrogen-bond acceptors (Lipinski definition) is 9. The summed E-state index contributed by atoms with van der Waals surface area (Å²) in [5.74, 6) is 0.131. The van der Waals surface area contributed by atoms with Crippen molar-refractivity contribution in [1.82, 2.24) is 4.90 Å². The summed E-state index contributed by atoms with van der Waals surface area (Å²) in [4.78, 5) is 2.25. The number of aromatic hydroxyl groups is 1. The second kappa shape index (κ2) is 6.66. The first kappa shape index (κ1) is 20.9. The molecular weight excluding hydrogens is 418 g/mol. The number of benzene rings is 1. The Balaban J connectivity index is 1.62. The number of nitrogens with zero attached hydrogens (tertiary/aromatic N) is 1. The van der Waals surface area contributed by atoms with Crippen molar-refractivity contribution in [2.24, 2.45) is 5.92 Å². The SMILES string of the molecule is CN1CC[C@]23c4c5c([C@]6(O)[C@H](O)[C@@H](CO)O[CH][C@@H]6O)cc(O)c4O[C@H]2[C@@H](O)C=C[C@H]3[C@H]1C5. The second-order valence-corrected chi connectivity index (χ2v) is 9.82. The normalized spacial score (nSPS) is 46.6. The van der Waals surface area contributed by atoms with Gasteiger partial charge in [0.25, 0.3) is 0 Å². The monoisotopic (exact) mass is 446 g/mol. The number of hydrogen-bond donors (Lipinski definition) is 6. The Labute approximate surface area is 185 Å². The highest BCUT2D eigenvalue weighted by molar-refractivity contribution is 5.65. The van der Waals surface area contributed by atoms with E-state index in [2.05, 4.69) is 4.90 Å². The minimum atomic E-state index is -2.20. The Bertz CT molecular complexity index is 999. The van der Waals surface area contributed by atoms with Crippen molar-refractivity contribution in [3.05, 3.63) is 41.5 Å². The first-order valence-corrected chi connectivity index (χ1v) is 11.1. The van der Waals surface area contributed by atoms with Gasteiger partial charge in [0.2, 0.25) is 0 Å². The van der Waals surface area contributed by atoms with Gasteiger partial charge in [-0.05, 0) is 43.6 Å². The number of likely N-dealkylation sites (tertiary alicyclic amines) is 1. The van der Waals surface area contributed by atoms with Crippen LogP contribution in [0, 0.1) is 12.5 Å². The fourth-order valence-corrected chi connectivity index (χ4v) is 6.95. The van der Waals surface area contributed by atoms with Crippen molar-refractivity contribution in [1.29, 1.82) is 0 Å². The summed E-state index contributed by atoms with van der Waals surface area (Å²) < 4.78 is 11.4. The molecule has 6 rings (SSSR count). The van der Waals surface area contributed by atoms with Gasteiger partial charge in [0.15, 0.2) is 11.5 Å². The zero-order valence-corrected chi connectivity index (χ0v) is 17.6. The molecule has 2 aliphatic carbocycles. The smallest absolute Gasteiger partial charge is 0.165 e. The Morgan fingerprint density at radius 3 is 2.75 bits per heavy atom. The van der Waals surface area contributed by atoms with Gasteiger partial charge in [-0.2, -0.15) is 0 Å². The third-order valence-corrected chi connectivity index (χ3v) is 8.53. The molecule has 6 N–H and O–H groups in total. The molecule has 2 fully saturated rings. The number of likely N-dealkylation sites (N-methyl/N-ethyl adjacent to an activating group) is 1. The van der Waals surface area contributed by atoms with Crippen LogP contribution in [-0.2, 0) is 22.2 Å². The van der Waals surface area contributed by atoms with Crippen LogP contribution in [0.1, 0.15) is 23.1 Å². The summed E-state index contributed by atoms with van der Waals surface area (Å²) in [7, 11) is 2.04. The van der Waals surface area contributed by atoms with Crippen LogP contribution in [0.3, 0.4) is 0 Å². The topological polar surface area (TPSA) is 143 Å². The molecule has 0 amide bonds. The van der Waals surface area contributed by atoms with E-state index in [0.29, 0.717) is 24.2 Å². The van der Waals surface area contributed by atoms with Crippen molar-refractivity contribution in [2.45, 2.75) is 60.4 Å². The molecule has 3 aliphatic heterocycles. The van der Waals surface area contributed by atoms with Crippen LogP contribution in [0.25, 0.3) is 0 Å². The molecule has 3 heterocycles. The molecular formula is C23H28NO8. The zero-order valence-electron chi connectivity index (χ0n) is 17.6. The summed E-state index contributed by atoms with van der Waals surface area (Å²) in [5.41, 5.74) is -1.15. The first-order chi connectivity index (χ1) is 15.2. The third-order valence-electron chi connectivity index (χ3n) is 8.53. The average molecular weight is 446 g/mol. The highest BCUT2D eigenvalue weighted by atomic mass is 16.5. The van der Waals surface area contributed by atoms with Crippen LogP contribution in [-0.4, -0.2) is 92.3 Å². The van der Waals surface area contributed by atoms with Crippen LogP contribution in [0.5, 0.6) is 11.5 Å². The molecule has 9 nitrogen and oxygen atoms in total. The Morgan fingerprint density at radius 2 is 2.00 bits per heavy atom. The number of aliphatic hydroxyl groups excluding tert-OH is 4. The fraction of sp³-hybridized carbons (Fsp3) is 0.609. The summed E-state index contributed by atoms with van der Waals surface area (Å²) >= 11 is 0. The molecule has 9 atom stereocenters. The Hall–Kier alpha value is -1.72. The molecule has 9 heteroatoms. The van der Waals surface area contributed by atoms with E-state index in [9.17, 15) is 30.6 Å². The molecule has 2 saturated heterocycles. The number of aliphatic hydroxyl groups is 5. The lowest BCUT2D eigenvalue weighted by atomic mass is 9.52. The van der Waals surface area contributed by atoms with Crippen LogP contribution in [0.15, 0.2) is 18.2 Å². The van der Waals surface area contributed by atoms with E-state index in [0.717, 1.165) is 18.7 Å². The van der Waals surface area contributed by atoms with Gasteiger partial charge in [-0.15, -0.1) is 0 Å². The summed E-state index contributed by atoms with van der Waals surface area (Å²) in [5, 5.41) is 64.7. The van der Waals surface area contributed by atoms with Crippen molar-refractivity contribution >= 4 is 0 Å². The number of ether oxygens (including phenoxy) is 2. The van der Waals surface area contributed by atoms with E-state index in [4.69, 9.17) is 9.47 Å². The molecule has 0 aromatic heterocycles. The van der Waals surface area contributed by atoms with Crippen LogP contribution >= 0.6 is 0 Å². The number of phenols is 1. The predicted octanol–water partition coefficient (Wildman–Crippen LogP) is -1.34. The Kier molecular flexibility index (Phi) is 4.34. The highest BCUT2D eigenvalue weighted by Gasteiger charge is 2.66. The molecule has 0 unspecified atom stereocenters. The molecule has 1 aromatic carbocycles. The molecule has 173 valence electrons. The van der Waals surface area contributed by atoms with Gasteiger partial charge in [-0.25, -0.2) is 0 Å². The van der Waals surface area contributed by atoms with Crippen molar-refractivity contribution in [3.8, 4) is 11.5 Å². The van der Waals surface area contributed by atoms with Crippen molar-refractivity contribution in [3.63, 3.8) is 0 Å². The van der Waals surface area contributed by atoms with E-state index in [1.165, 1.54) is 6.07 Å². The summed E-state index contributed by atoms with van der Waals surface area (Å²) in [6.07, 6.45) is -0.775. The minimum Gasteiger partial charge on any atom is -0.504 e. The minimum absolute atomic E-state index is 0.0500. The molecule has 1 aromatic rings. The largest absolute Gasteiger partial charge is 0.504 e. The molecule has 0 saturated carbocycles. The van der Waals surface area contributed by atoms with Crippen LogP contribution in [0.2, 0.25) is 0 Å². The van der Waals surface area contributed by atoms with Crippen molar-refractivity contribution < 1.29 is 40.1 Å². The summed E-state index contributed by atoms with van der Waals surface area (Å²) in [6, 6.07) is 1.38. The maximum absolute atomic E-state index is 11.7. The lowest BCUT2D eigenvalue weighted by Gasteiger charge is -2.57. The van der Waals surface area contributed by atoms with E-state index in [-0.39, 0.29) is 23.3 Å². The highest BCUT2D eigenvalue weighted by Crippen LogP contribution is 2.64. The van der Waals surface area contributed by atoms with E-state index in [1.54, 1.807) is 6.08 Å². The van der Waals surface area contributed by atoms with Gasteiger partial charge in [0.1, 0.15) is 42.7 Å². The number of rotatable bonds is 2. The maximum Gasteiger partial charge on any atom is 0.165 e. The lowest BCUT2D eigenvalue weighted by molar-refractivity contribution is -0.232. The predicted molar refractivity (Wildman–Crippen MR) is 110 cm³/mol. The Morgan fingerprint density at radius 1 is 1.22 bits per heavy atom. The van der Waals surface area contributed by atoms with Gasteiger partial charge in [0, 0.05) is 22.9 Å². The first-order valence-electron chi connectivity index (χ1n) is 11.1. The van der Waals surface area contributed by atoms with Gasteiger partial charge in [-0.3, -0.25) is 0 Å². The quantitative estimate of drug-likeness (QED) is 0.304. The van der Waals surface area contributed by atoms with Gasteiger partial charge in [0.05, 0.1) is 6.61 Å². The molecule has 5 aliphatic rings. The molecule has 1 spiro atoms. The van der Waals surface area contributed by atoms with E-state index < -0.39 is 48.1 Å². The fourth-order valence-electron chi connectivity index (χ4n) is 6.95. The van der Waals surface area contributed by atoms with Crippen LogP contribution < -0.4 is 4.74 Å². The van der Waals surface area contributed by atoms with Gasteiger partial charge in [-0.1, -0.05) is 12.2 Å². The summed E-state index contributed by atoms with van der Waals surface area (Å²) in [6.45, 7) is 1.24. The third kappa shape index (κ3) is 2.27. The van der Waals surface area contributed by atoms with E-state index >= 15 is 0 Å². The molecule has 1 radical (unpaired) electrons. The number of piperidine rings is 1. The maximum atomic E-state index is 11.7. The molecule has 2 bridgehead atoms. The number of phenolic OH excluding ortho intramolecular Hbond substituents is 1. The average Bonchev–Trinajstić information content (AvgIpc) is 3.13.